The summed E-state index contributed by atoms with van der Waals surface area (Å²) in [6.07, 6.45) is 2.32. The minimum absolute atomic E-state index is 0. The number of hydrogen-bond acceptors (Lipinski definition) is 5. The Balaban J connectivity index is 0.00000182. The SMILES string of the molecule is Cl.c1ccc(Nc2cc(-c3ccsc3)nc(C3CCCNC3)n2)cc1. The van der Waals surface area contributed by atoms with E-state index in [0.29, 0.717) is 5.92 Å². The highest BCUT2D eigenvalue weighted by Gasteiger charge is 2.19. The van der Waals surface area contributed by atoms with E-state index in [2.05, 4.69) is 27.5 Å². The van der Waals surface area contributed by atoms with E-state index in [1.54, 1.807) is 11.3 Å². The van der Waals surface area contributed by atoms with Crippen molar-refractivity contribution in [3.8, 4) is 11.3 Å². The highest BCUT2D eigenvalue weighted by atomic mass is 35.5. The largest absolute Gasteiger partial charge is 0.340 e. The molecule has 25 heavy (non-hydrogen) atoms. The Morgan fingerprint density at radius 3 is 2.72 bits per heavy atom. The van der Waals surface area contributed by atoms with Crippen LogP contribution in [-0.2, 0) is 0 Å². The summed E-state index contributed by atoms with van der Waals surface area (Å²) in [6, 6.07) is 14.3. The number of anilines is 2. The van der Waals surface area contributed by atoms with Gasteiger partial charge in [0.25, 0.3) is 0 Å². The van der Waals surface area contributed by atoms with Gasteiger partial charge in [0.2, 0.25) is 0 Å². The third-order valence-corrected chi connectivity index (χ3v) is 4.95. The fourth-order valence-corrected chi connectivity index (χ4v) is 3.66. The molecule has 1 aliphatic rings. The van der Waals surface area contributed by atoms with E-state index in [1.807, 2.05) is 36.4 Å². The van der Waals surface area contributed by atoms with Crippen LogP contribution in [0.3, 0.4) is 0 Å². The Labute approximate surface area is 158 Å². The fourth-order valence-electron chi connectivity index (χ4n) is 3.01. The molecule has 1 aliphatic heterocycles. The van der Waals surface area contributed by atoms with Crippen LogP contribution in [0.5, 0.6) is 0 Å². The lowest BCUT2D eigenvalue weighted by Crippen LogP contribution is -2.29. The van der Waals surface area contributed by atoms with Crippen molar-refractivity contribution in [3.05, 3.63) is 59.0 Å². The Bertz CT molecular complexity index is 786. The topological polar surface area (TPSA) is 49.8 Å². The second-order valence-corrected chi connectivity index (χ2v) is 6.82. The molecular formula is C19H21ClN4S. The number of para-hydroxylation sites is 1. The van der Waals surface area contributed by atoms with Gasteiger partial charge in [-0.3, -0.25) is 0 Å². The summed E-state index contributed by atoms with van der Waals surface area (Å²) in [5, 5.41) is 11.1. The molecule has 3 aromatic rings. The molecule has 1 aromatic carbocycles. The Hall–Kier alpha value is -1.95. The third-order valence-electron chi connectivity index (χ3n) is 4.27. The van der Waals surface area contributed by atoms with Gasteiger partial charge in [-0.25, -0.2) is 9.97 Å². The van der Waals surface area contributed by atoms with E-state index in [-0.39, 0.29) is 12.4 Å². The smallest absolute Gasteiger partial charge is 0.135 e. The highest BCUT2D eigenvalue weighted by Crippen LogP contribution is 2.28. The molecule has 130 valence electrons. The number of nitrogens with zero attached hydrogens (tertiary/aromatic N) is 2. The first-order valence-corrected chi connectivity index (χ1v) is 9.27. The van der Waals surface area contributed by atoms with Gasteiger partial charge in [0, 0.05) is 35.2 Å². The standard InChI is InChI=1S/C19H20N4S.ClH/c1-2-6-16(7-3-1)21-18-11-17(15-8-10-24-13-15)22-19(23-18)14-5-4-9-20-12-14;/h1-3,6-8,10-11,13-14,20H,4-5,9,12H2,(H,21,22,23);1H. The lowest BCUT2D eigenvalue weighted by molar-refractivity contribution is 0.447. The number of aromatic nitrogens is 2. The normalized spacial score (nSPS) is 16.9. The molecular weight excluding hydrogens is 352 g/mol. The number of nitrogens with one attached hydrogen (secondary N) is 2. The molecule has 1 saturated heterocycles. The van der Waals surface area contributed by atoms with E-state index in [9.17, 15) is 0 Å². The van der Waals surface area contributed by atoms with E-state index in [0.717, 1.165) is 48.1 Å². The van der Waals surface area contributed by atoms with E-state index >= 15 is 0 Å². The van der Waals surface area contributed by atoms with Crippen molar-refractivity contribution < 1.29 is 0 Å². The van der Waals surface area contributed by atoms with Gasteiger partial charge in [-0.2, -0.15) is 11.3 Å². The Morgan fingerprint density at radius 1 is 1.12 bits per heavy atom. The monoisotopic (exact) mass is 372 g/mol. The molecule has 0 saturated carbocycles. The third kappa shape index (κ3) is 4.37. The molecule has 0 spiro atoms. The number of piperidine rings is 1. The van der Waals surface area contributed by atoms with Gasteiger partial charge in [-0.1, -0.05) is 18.2 Å². The van der Waals surface area contributed by atoms with Crippen LogP contribution in [0.1, 0.15) is 24.6 Å². The first kappa shape index (κ1) is 17.9. The predicted molar refractivity (Wildman–Crippen MR) is 107 cm³/mol. The van der Waals surface area contributed by atoms with Crippen molar-refractivity contribution >= 4 is 35.2 Å². The van der Waals surface area contributed by atoms with Gasteiger partial charge in [-0.15, -0.1) is 12.4 Å². The zero-order chi connectivity index (χ0) is 16.2. The fraction of sp³-hybridized carbons (Fsp3) is 0.263. The first-order chi connectivity index (χ1) is 11.9. The van der Waals surface area contributed by atoms with Crippen LogP contribution in [0.2, 0.25) is 0 Å². The Kier molecular flexibility index (Phi) is 6.02. The van der Waals surface area contributed by atoms with Crippen LogP contribution in [0.4, 0.5) is 11.5 Å². The molecule has 1 fully saturated rings. The van der Waals surface area contributed by atoms with Gasteiger partial charge >= 0.3 is 0 Å². The maximum Gasteiger partial charge on any atom is 0.135 e. The second-order valence-electron chi connectivity index (χ2n) is 6.04. The lowest BCUT2D eigenvalue weighted by Gasteiger charge is -2.22. The maximum absolute atomic E-state index is 4.86. The number of halogens is 1. The summed E-state index contributed by atoms with van der Waals surface area (Å²) in [6.45, 7) is 2.05. The quantitative estimate of drug-likeness (QED) is 0.688. The summed E-state index contributed by atoms with van der Waals surface area (Å²) in [4.78, 5) is 9.66. The van der Waals surface area contributed by atoms with Crippen LogP contribution < -0.4 is 10.6 Å². The molecule has 2 aromatic heterocycles. The number of thiophene rings is 1. The zero-order valence-corrected chi connectivity index (χ0v) is 15.4. The average Bonchev–Trinajstić information content (AvgIpc) is 3.18. The zero-order valence-electron chi connectivity index (χ0n) is 13.8. The van der Waals surface area contributed by atoms with Crippen molar-refractivity contribution in [3.63, 3.8) is 0 Å². The van der Waals surface area contributed by atoms with Gasteiger partial charge in [0.05, 0.1) is 5.69 Å². The van der Waals surface area contributed by atoms with Crippen LogP contribution in [0, 0.1) is 0 Å². The van der Waals surface area contributed by atoms with Gasteiger partial charge in [-0.05, 0) is 43.0 Å². The summed E-state index contributed by atoms with van der Waals surface area (Å²) in [7, 11) is 0. The van der Waals surface area contributed by atoms with Crippen molar-refractivity contribution in [1.29, 1.82) is 0 Å². The molecule has 6 heteroatoms. The molecule has 0 amide bonds. The van der Waals surface area contributed by atoms with Crippen molar-refractivity contribution in [2.75, 3.05) is 18.4 Å². The highest BCUT2D eigenvalue weighted by molar-refractivity contribution is 7.08. The van der Waals surface area contributed by atoms with Crippen LogP contribution >= 0.6 is 23.7 Å². The van der Waals surface area contributed by atoms with Crippen molar-refractivity contribution in [2.24, 2.45) is 0 Å². The molecule has 2 N–H and O–H groups in total. The number of benzene rings is 1. The van der Waals surface area contributed by atoms with E-state index < -0.39 is 0 Å². The first-order valence-electron chi connectivity index (χ1n) is 8.33. The molecule has 1 atom stereocenters. The van der Waals surface area contributed by atoms with Gasteiger partial charge < -0.3 is 10.6 Å². The van der Waals surface area contributed by atoms with Crippen LogP contribution in [0.15, 0.2) is 53.2 Å². The van der Waals surface area contributed by atoms with Crippen LogP contribution in [-0.4, -0.2) is 23.1 Å². The molecule has 0 bridgehead atoms. The summed E-state index contributed by atoms with van der Waals surface area (Å²) in [5.74, 6) is 2.18. The minimum Gasteiger partial charge on any atom is -0.340 e. The molecule has 1 unspecified atom stereocenters. The number of rotatable bonds is 4. The van der Waals surface area contributed by atoms with Gasteiger partial charge in [0.15, 0.2) is 0 Å². The summed E-state index contributed by atoms with van der Waals surface area (Å²) >= 11 is 1.69. The molecule has 4 nitrogen and oxygen atoms in total. The minimum atomic E-state index is 0. The second kappa shape index (κ2) is 8.43. The van der Waals surface area contributed by atoms with Crippen molar-refractivity contribution in [2.45, 2.75) is 18.8 Å². The van der Waals surface area contributed by atoms with Gasteiger partial charge in [0.1, 0.15) is 11.6 Å². The molecule has 3 heterocycles. The summed E-state index contributed by atoms with van der Waals surface area (Å²) in [5.41, 5.74) is 3.19. The van der Waals surface area contributed by atoms with Crippen molar-refractivity contribution in [1.82, 2.24) is 15.3 Å². The summed E-state index contributed by atoms with van der Waals surface area (Å²) < 4.78 is 0. The van der Waals surface area contributed by atoms with E-state index in [1.165, 1.54) is 6.42 Å². The maximum atomic E-state index is 4.86. The lowest BCUT2D eigenvalue weighted by atomic mass is 9.98. The molecule has 4 rings (SSSR count). The molecule has 0 radical (unpaired) electrons. The average molecular weight is 373 g/mol. The van der Waals surface area contributed by atoms with E-state index in [4.69, 9.17) is 9.97 Å². The van der Waals surface area contributed by atoms with Crippen LogP contribution in [0.25, 0.3) is 11.3 Å². The Morgan fingerprint density at radius 2 is 2.00 bits per heavy atom. The number of hydrogen-bond donors (Lipinski definition) is 2. The predicted octanol–water partition coefficient (Wildman–Crippen LogP) is 4.84. The molecule has 0 aliphatic carbocycles.